The van der Waals surface area contributed by atoms with Crippen LogP contribution in [0.25, 0.3) is 0 Å². The Hall–Kier alpha value is -1.63. The third-order valence-corrected chi connectivity index (χ3v) is 4.07. The highest BCUT2D eigenvalue weighted by atomic mass is 32.2. The number of hydrogen-bond acceptors (Lipinski definition) is 6. The van der Waals surface area contributed by atoms with Gasteiger partial charge in [0.25, 0.3) is 0 Å². The molecule has 0 aromatic carbocycles. The molecule has 0 spiro atoms. The summed E-state index contributed by atoms with van der Waals surface area (Å²) in [6.45, 7) is 9.12. The molecule has 0 aliphatic heterocycles. The van der Waals surface area contributed by atoms with E-state index < -0.39 is 0 Å². The lowest BCUT2D eigenvalue weighted by Crippen LogP contribution is -2.07. The van der Waals surface area contributed by atoms with Crippen LogP contribution in [0.4, 0.5) is 5.82 Å². The summed E-state index contributed by atoms with van der Waals surface area (Å²) in [5.74, 6) is 2.13. The van der Waals surface area contributed by atoms with Crippen molar-refractivity contribution in [3.63, 3.8) is 0 Å². The maximum atomic E-state index is 4.42. The van der Waals surface area contributed by atoms with E-state index in [2.05, 4.69) is 46.3 Å². The number of rotatable bonds is 5. The summed E-state index contributed by atoms with van der Waals surface area (Å²) in [6, 6.07) is 0. The Morgan fingerprint density at radius 1 is 1.30 bits per heavy atom. The van der Waals surface area contributed by atoms with Gasteiger partial charge in [0.05, 0.1) is 0 Å². The fourth-order valence-corrected chi connectivity index (χ4v) is 2.92. The molecule has 1 N–H and O–H groups in total. The number of nitrogens with zero attached hydrogens (tertiary/aromatic N) is 5. The zero-order valence-corrected chi connectivity index (χ0v) is 13.3. The van der Waals surface area contributed by atoms with Gasteiger partial charge in [-0.25, -0.2) is 9.97 Å². The van der Waals surface area contributed by atoms with E-state index in [1.165, 1.54) is 11.8 Å². The first-order chi connectivity index (χ1) is 9.54. The Morgan fingerprint density at radius 3 is 2.60 bits per heavy atom. The van der Waals surface area contributed by atoms with Crippen LogP contribution in [0.2, 0.25) is 0 Å². The van der Waals surface area contributed by atoms with Crippen LogP contribution in [0.5, 0.6) is 0 Å². The molecule has 7 heteroatoms. The standard InChI is InChI=1S/C13H20N6S/c1-6-14-11-10(8(2)3)12(16-7-15-11)20-13-18-17-9(4)19(13)5/h7-8H,6H2,1-5H3,(H,14,15,16). The van der Waals surface area contributed by atoms with Gasteiger partial charge in [0.2, 0.25) is 0 Å². The molecule has 0 bridgehead atoms. The Morgan fingerprint density at radius 2 is 2.05 bits per heavy atom. The summed E-state index contributed by atoms with van der Waals surface area (Å²) in [5, 5.41) is 13.3. The van der Waals surface area contributed by atoms with Crippen LogP contribution in [0.1, 0.15) is 38.1 Å². The molecule has 0 aliphatic rings. The van der Waals surface area contributed by atoms with Crippen molar-refractivity contribution in [2.45, 2.75) is 43.8 Å². The van der Waals surface area contributed by atoms with Crippen LogP contribution in [0, 0.1) is 6.92 Å². The Bertz CT molecular complexity index is 593. The predicted octanol–water partition coefficient (Wildman–Crippen LogP) is 2.62. The molecule has 0 aliphatic carbocycles. The second-order valence-electron chi connectivity index (χ2n) is 4.82. The molecule has 0 radical (unpaired) electrons. The maximum Gasteiger partial charge on any atom is 0.197 e. The second-order valence-corrected chi connectivity index (χ2v) is 5.77. The van der Waals surface area contributed by atoms with Gasteiger partial charge in [0.1, 0.15) is 23.0 Å². The minimum absolute atomic E-state index is 0.335. The van der Waals surface area contributed by atoms with Gasteiger partial charge < -0.3 is 9.88 Å². The molecule has 0 saturated heterocycles. The lowest BCUT2D eigenvalue weighted by atomic mass is 10.1. The fourth-order valence-electron chi connectivity index (χ4n) is 1.85. The third-order valence-electron chi connectivity index (χ3n) is 3.01. The van der Waals surface area contributed by atoms with E-state index in [1.54, 1.807) is 6.33 Å². The summed E-state index contributed by atoms with van der Waals surface area (Å²) in [5.41, 5.74) is 1.13. The molecule has 0 atom stereocenters. The average Bonchev–Trinajstić information content (AvgIpc) is 2.71. The lowest BCUT2D eigenvalue weighted by Gasteiger charge is -2.15. The van der Waals surface area contributed by atoms with Crippen LogP contribution in [-0.4, -0.2) is 31.3 Å². The van der Waals surface area contributed by atoms with E-state index in [0.29, 0.717) is 5.92 Å². The minimum Gasteiger partial charge on any atom is -0.370 e. The molecule has 2 aromatic heterocycles. The van der Waals surface area contributed by atoms with Gasteiger partial charge in [0.15, 0.2) is 5.16 Å². The molecular weight excluding hydrogens is 272 g/mol. The summed E-state index contributed by atoms with van der Waals surface area (Å²) in [4.78, 5) is 8.76. The van der Waals surface area contributed by atoms with Crippen molar-refractivity contribution < 1.29 is 0 Å². The monoisotopic (exact) mass is 292 g/mol. The van der Waals surface area contributed by atoms with Crippen molar-refractivity contribution in [2.24, 2.45) is 7.05 Å². The summed E-state index contributed by atoms with van der Waals surface area (Å²) in [6.07, 6.45) is 1.59. The molecule has 2 heterocycles. The largest absolute Gasteiger partial charge is 0.370 e. The van der Waals surface area contributed by atoms with E-state index in [1.807, 2.05) is 18.5 Å². The number of aromatic nitrogens is 5. The van der Waals surface area contributed by atoms with E-state index >= 15 is 0 Å². The number of aryl methyl sites for hydroxylation is 1. The maximum absolute atomic E-state index is 4.42. The molecule has 108 valence electrons. The Labute approximate surface area is 123 Å². The van der Waals surface area contributed by atoms with Crippen LogP contribution in [0.3, 0.4) is 0 Å². The van der Waals surface area contributed by atoms with Gasteiger partial charge in [-0.2, -0.15) is 0 Å². The molecule has 0 unspecified atom stereocenters. The minimum atomic E-state index is 0.335. The van der Waals surface area contributed by atoms with Crippen molar-refractivity contribution in [3.8, 4) is 0 Å². The highest BCUT2D eigenvalue weighted by Gasteiger charge is 2.17. The average molecular weight is 292 g/mol. The SMILES string of the molecule is CCNc1ncnc(Sc2nnc(C)n2C)c1C(C)C. The highest BCUT2D eigenvalue weighted by molar-refractivity contribution is 7.99. The van der Waals surface area contributed by atoms with Gasteiger partial charge in [-0.05, 0) is 31.5 Å². The number of hydrogen-bond donors (Lipinski definition) is 1. The van der Waals surface area contributed by atoms with Crippen molar-refractivity contribution in [1.29, 1.82) is 0 Å². The van der Waals surface area contributed by atoms with Crippen molar-refractivity contribution in [2.75, 3.05) is 11.9 Å². The van der Waals surface area contributed by atoms with Gasteiger partial charge >= 0.3 is 0 Å². The zero-order chi connectivity index (χ0) is 14.7. The van der Waals surface area contributed by atoms with Crippen LogP contribution < -0.4 is 5.32 Å². The van der Waals surface area contributed by atoms with E-state index in [0.717, 1.165) is 33.9 Å². The molecule has 0 fully saturated rings. The summed E-state index contributed by atoms with van der Waals surface area (Å²) in [7, 11) is 1.96. The van der Waals surface area contributed by atoms with Crippen molar-refractivity contribution >= 4 is 17.6 Å². The topological polar surface area (TPSA) is 68.5 Å². The van der Waals surface area contributed by atoms with Crippen LogP contribution >= 0.6 is 11.8 Å². The molecule has 6 nitrogen and oxygen atoms in total. The molecular formula is C13H20N6S. The quantitative estimate of drug-likeness (QED) is 0.854. The zero-order valence-electron chi connectivity index (χ0n) is 12.5. The first-order valence-corrected chi connectivity index (χ1v) is 7.48. The second kappa shape index (κ2) is 6.21. The predicted molar refractivity (Wildman–Crippen MR) is 80.1 cm³/mol. The van der Waals surface area contributed by atoms with Gasteiger partial charge in [-0.1, -0.05) is 13.8 Å². The van der Waals surface area contributed by atoms with E-state index in [4.69, 9.17) is 0 Å². The van der Waals surface area contributed by atoms with Gasteiger partial charge in [0, 0.05) is 19.2 Å². The number of anilines is 1. The lowest BCUT2D eigenvalue weighted by molar-refractivity contribution is 0.758. The van der Waals surface area contributed by atoms with Gasteiger partial charge in [-0.15, -0.1) is 10.2 Å². The molecule has 2 rings (SSSR count). The first kappa shape index (κ1) is 14.8. The molecule has 0 amide bonds. The molecule has 2 aromatic rings. The van der Waals surface area contributed by atoms with E-state index in [-0.39, 0.29) is 0 Å². The Balaban J connectivity index is 2.40. The third kappa shape index (κ3) is 2.92. The van der Waals surface area contributed by atoms with Crippen molar-refractivity contribution in [1.82, 2.24) is 24.7 Å². The normalized spacial score (nSPS) is 11.1. The van der Waals surface area contributed by atoms with E-state index in [9.17, 15) is 0 Å². The van der Waals surface area contributed by atoms with Crippen LogP contribution in [-0.2, 0) is 7.05 Å². The molecule has 20 heavy (non-hydrogen) atoms. The smallest absolute Gasteiger partial charge is 0.197 e. The van der Waals surface area contributed by atoms with Crippen molar-refractivity contribution in [3.05, 3.63) is 17.7 Å². The highest BCUT2D eigenvalue weighted by Crippen LogP contribution is 2.34. The fraction of sp³-hybridized carbons (Fsp3) is 0.538. The van der Waals surface area contributed by atoms with Gasteiger partial charge in [-0.3, -0.25) is 0 Å². The molecule has 0 saturated carbocycles. The summed E-state index contributed by atoms with van der Waals surface area (Å²) < 4.78 is 1.96. The van der Waals surface area contributed by atoms with Crippen LogP contribution in [0.15, 0.2) is 16.5 Å². The summed E-state index contributed by atoms with van der Waals surface area (Å²) >= 11 is 1.53. The number of nitrogens with one attached hydrogen (secondary N) is 1. The Kier molecular flexibility index (Phi) is 4.59. The first-order valence-electron chi connectivity index (χ1n) is 6.67.